The molecule has 24 heavy (non-hydrogen) atoms. The first kappa shape index (κ1) is 17.7. The van der Waals surface area contributed by atoms with Crippen LogP contribution < -0.4 is 9.47 Å². The van der Waals surface area contributed by atoms with Gasteiger partial charge in [0, 0.05) is 25.8 Å². The number of aromatic nitrogens is 1. The molecule has 0 unspecified atom stereocenters. The Morgan fingerprint density at radius 3 is 2.38 bits per heavy atom. The van der Waals surface area contributed by atoms with E-state index in [0.717, 1.165) is 0 Å². The Morgan fingerprint density at radius 1 is 1.04 bits per heavy atom. The molecule has 0 saturated carbocycles. The van der Waals surface area contributed by atoms with E-state index in [4.69, 9.17) is 18.9 Å². The standard InChI is InChI=1S/C18H19NO5/c1-21-12-23-17-10-15(19-11-18(17)24-13-22-2)8-9-16(20)14-6-4-3-5-7-14/h3-11H,12-13H2,1-2H3/b9-8+. The maximum absolute atomic E-state index is 12.1. The second-order valence-corrected chi connectivity index (χ2v) is 4.72. The van der Waals surface area contributed by atoms with E-state index in [-0.39, 0.29) is 19.4 Å². The van der Waals surface area contributed by atoms with Gasteiger partial charge in [-0.25, -0.2) is 0 Å². The average molecular weight is 329 g/mol. The number of ketones is 1. The van der Waals surface area contributed by atoms with Gasteiger partial charge in [-0.15, -0.1) is 0 Å². The van der Waals surface area contributed by atoms with Crippen LogP contribution in [-0.2, 0) is 9.47 Å². The fraction of sp³-hybridized carbons (Fsp3) is 0.222. The van der Waals surface area contributed by atoms with E-state index < -0.39 is 0 Å². The minimum atomic E-state index is -0.100. The smallest absolute Gasteiger partial charge is 0.189 e. The summed E-state index contributed by atoms with van der Waals surface area (Å²) >= 11 is 0. The molecule has 0 radical (unpaired) electrons. The Hall–Kier alpha value is -2.70. The van der Waals surface area contributed by atoms with Crippen molar-refractivity contribution >= 4 is 11.9 Å². The lowest BCUT2D eigenvalue weighted by molar-refractivity contribution is 0.0319. The largest absolute Gasteiger partial charge is 0.464 e. The molecule has 0 aliphatic rings. The molecule has 2 aromatic rings. The van der Waals surface area contributed by atoms with Crippen LogP contribution in [0.5, 0.6) is 11.5 Å². The highest BCUT2D eigenvalue weighted by atomic mass is 16.7. The Morgan fingerprint density at radius 2 is 1.71 bits per heavy atom. The molecule has 0 aliphatic carbocycles. The van der Waals surface area contributed by atoms with Crippen molar-refractivity contribution in [1.29, 1.82) is 0 Å². The first-order chi connectivity index (χ1) is 11.7. The molecule has 6 nitrogen and oxygen atoms in total. The maximum Gasteiger partial charge on any atom is 0.189 e. The fourth-order valence-corrected chi connectivity index (χ4v) is 1.86. The maximum atomic E-state index is 12.1. The first-order valence-electron chi connectivity index (χ1n) is 7.25. The summed E-state index contributed by atoms with van der Waals surface area (Å²) in [7, 11) is 3.05. The number of methoxy groups -OCH3 is 2. The molecule has 0 bridgehead atoms. The molecule has 0 saturated heterocycles. The molecule has 1 aromatic carbocycles. The van der Waals surface area contributed by atoms with Gasteiger partial charge in [0.1, 0.15) is 0 Å². The van der Waals surface area contributed by atoms with Crippen LogP contribution in [0, 0.1) is 0 Å². The average Bonchev–Trinajstić information content (AvgIpc) is 2.64. The lowest BCUT2D eigenvalue weighted by Gasteiger charge is -2.11. The number of carbonyl (C=O) groups excluding carboxylic acids is 1. The minimum absolute atomic E-state index is 0.0689. The number of benzene rings is 1. The molecule has 0 N–H and O–H groups in total. The third kappa shape index (κ3) is 5.19. The van der Waals surface area contributed by atoms with Gasteiger partial charge in [0.05, 0.1) is 11.9 Å². The first-order valence-corrected chi connectivity index (χ1v) is 7.25. The zero-order valence-corrected chi connectivity index (χ0v) is 13.6. The monoisotopic (exact) mass is 329 g/mol. The second kappa shape index (κ2) is 9.44. The molecule has 1 heterocycles. The number of carbonyl (C=O) groups is 1. The van der Waals surface area contributed by atoms with Gasteiger partial charge in [-0.1, -0.05) is 30.3 Å². The molecule has 126 valence electrons. The van der Waals surface area contributed by atoms with E-state index in [1.54, 1.807) is 24.3 Å². The third-order valence-corrected chi connectivity index (χ3v) is 2.98. The molecule has 2 rings (SSSR count). The van der Waals surface area contributed by atoms with Gasteiger partial charge >= 0.3 is 0 Å². The second-order valence-electron chi connectivity index (χ2n) is 4.72. The van der Waals surface area contributed by atoms with Crippen molar-refractivity contribution in [2.75, 3.05) is 27.8 Å². The number of hydrogen-bond donors (Lipinski definition) is 0. The lowest BCUT2D eigenvalue weighted by Crippen LogP contribution is -2.05. The van der Waals surface area contributed by atoms with Crippen molar-refractivity contribution in [2.45, 2.75) is 0 Å². The van der Waals surface area contributed by atoms with Crippen molar-refractivity contribution in [1.82, 2.24) is 4.98 Å². The van der Waals surface area contributed by atoms with Gasteiger partial charge in [-0.3, -0.25) is 9.78 Å². The summed E-state index contributed by atoms with van der Waals surface area (Å²) < 4.78 is 20.6. The SMILES string of the molecule is COCOc1cnc(/C=C/C(=O)c2ccccc2)cc1OCOC. The molecular formula is C18H19NO5. The number of hydrogen-bond acceptors (Lipinski definition) is 6. The Kier molecular flexibility index (Phi) is 6.94. The van der Waals surface area contributed by atoms with Crippen LogP contribution in [0.15, 0.2) is 48.7 Å². The zero-order chi connectivity index (χ0) is 17.2. The lowest BCUT2D eigenvalue weighted by atomic mass is 10.1. The van der Waals surface area contributed by atoms with Crippen LogP contribution >= 0.6 is 0 Å². The van der Waals surface area contributed by atoms with E-state index in [9.17, 15) is 4.79 Å². The van der Waals surface area contributed by atoms with Crippen LogP contribution in [0.4, 0.5) is 0 Å². The fourth-order valence-electron chi connectivity index (χ4n) is 1.86. The normalized spacial score (nSPS) is 10.8. The highest BCUT2D eigenvalue weighted by molar-refractivity contribution is 6.06. The molecule has 1 aromatic heterocycles. The van der Waals surface area contributed by atoms with Crippen LogP contribution in [0.3, 0.4) is 0 Å². The van der Waals surface area contributed by atoms with Gasteiger partial charge in [-0.2, -0.15) is 0 Å². The Balaban J connectivity index is 2.14. The van der Waals surface area contributed by atoms with Gasteiger partial charge < -0.3 is 18.9 Å². The number of ether oxygens (including phenoxy) is 4. The number of pyridine rings is 1. The van der Waals surface area contributed by atoms with Gasteiger partial charge in [-0.05, 0) is 12.2 Å². The highest BCUT2D eigenvalue weighted by Gasteiger charge is 2.08. The van der Waals surface area contributed by atoms with Gasteiger partial charge in [0.2, 0.25) is 0 Å². The molecule has 0 atom stereocenters. The molecule has 0 aliphatic heterocycles. The van der Waals surface area contributed by atoms with E-state index in [0.29, 0.717) is 22.8 Å². The number of nitrogens with zero attached hydrogens (tertiary/aromatic N) is 1. The molecule has 6 heteroatoms. The zero-order valence-electron chi connectivity index (χ0n) is 13.6. The topological polar surface area (TPSA) is 66.9 Å². The number of allylic oxidation sites excluding steroid dienone is 1. The van der Waals surface area contributed by atoms with Crippen molar-refractivity contribution < 1.29 is 23.7 Å². The van der Waals surface area contributed by atoms with Crippen molar-refractivity contribution in [3.8, 4) is 11.5 Å². The van der Waals surface area contributed by atoms with Crippen molar-refractivity contribution in [3.63, 3.8) is 0 Å². The van der Waals surface area contributed by atoms with Crippen LogP contribution in [0.1, 0.15) is 16.1 Å². The number of rotatable bonds is 9. The van der Waals surface area contributed by atoms with Gasteiger partial charge in [0.15, 0.2) is 30.9 Å². The summed E-state index contributed by atoms with van der Waals surface area (Å²) in [5, 5.41) is 0. The van der Waals surface area contributed by atoms with Crippen LogP contribution in [0.2, 0.25) is 0 Å². The van der Waals surface area contributed by atoms with Crippen molar-refractivity contribution in [3.05, 3.63) is 59.9 Å². The Bertz CT molecular complexity index is 685. The van der Waals surface area contributed by atoms with E-state index in [1.165, 1.54) is 26.5 Å². The Labute approximate surface area is 140 Å². The summed E-state index contributed by atoms with van der Waals surface area (Å²) in [4.78, 5) is 16.3. The summed E-state index contributed by atoms with van der Waals surface area (Å²) in [6.07, 6.45) is 4.60. The predicted octanol–water partition coefficient (Wildman–Crippen LogP) is 2.94. The summed E-state index contributed by atoms with van der Waals surface area (Å²) in [5.74, 6) is 0.785. The van der Waals surface area contributed by atoms with E-state index in [2.05, 4.69) is 4.98 Å². The quantitative estimate of drug-likeness (QED) is 0.400. The highest BCUT2D eigenvalue weighted by Crippen LogP contribution is 2.27. The summed E-state index contributed by atoms with van der Waals surface area (Å²) in [6, 6.07) is 10.7. The summed E-state index contributed by atoms with van der Waals surface area (Å²) in [6.45, 7) is 0.145. The summed E-state index contributed by atoms with van der Waals surface area (Å²) in [5.41, 5.74) is 1.18. The van der Waals surface area contributed by atoms with Crippen LogP contribution in [-0.4, -0.2) is 38.6 Å². The molecule has 0 amide bonds. The van der Waals surface area contributed by atoms with Gasteiger partial charge in [0.25, 0.3) is 0 Å². The molecule has 0 spiro atoms. The van der Waals surface area contributed by atoms with Crippen molar-refractivity contribution in [2.24, 2.45) is 0 Å². The minimum Gasteiger partial charge on any atom is -0.464 e. The van der Waals surface area contributed by atoms with E-state index >= 15 is 0 Å². The molecular weight excluding hydrogens is 310 g/mol. The van der Waals surface area contributed by atoms with E-state index in [1.807, 2.05) is 18.2 Å². The third-order valence-electron chi connectivity index (χ3n) is 2.98. The molecule has 0 fully saturated rings. The van der Waals surface area contributed by atoms with Crippen LogP contribution in [0.25, 0.3) is 6.08 Å². The predicted molar refractivity (Wildman–Crippen MR) is 89.1 cm³/mol.